The van der Waals surface area contributed by atoms with Gasteiger partial charge in [0, 0.05) is 54.2 Å². The zero-order chi connectivity index (χ0) is 38.0. The van der Waals surface area contributed by atoms with Crippen LogP contribution in [-0.2, 0) is 80.9 Å². The normalized spacial score (nSPS) is 28.6. The van der Waals surface area contributed by atoms with Crippen molar-refractivity contribution in [1.82, 2.24) is 0 Å². The van der Waals surface area contributed by atoms with E-state index in [4.69, 9.17) is 47.4 Å². The summed E-state index contributed by atoms with van der Waals surface area (Å²) < 4.78 is 56.8. The third-order valence-electron chi connectivity index (χ3n) is 7.29. The van der Waals surface area contributed by atoms with Gasteiger partial charge in [-0.3, -0.25) is 33.6 Å². The lowest BCUT2D eigenvalue weighted by molar-refractivity contribution is -0.343. The Morgan fingerprint density at radius 1 is 0.529 bits per heavy atom. The molecule has 2 saturated heterocycles. The maximum Gasteiger partial charge on any atom is 0.303 e. The number of carbonyl (C=O) groups excluding carboxylic acids is 7. The quantitative estimate of drug-likeness (QED) is 0.221. The highest BCUT2D eigenvalue weighted by atomic mass is 16.8. The fourth-order valence-electron chi connectivity index (χ4n) is 5.44. The van der Waals surface area contributed by atoms with E-state index in [2.05, 4.69) is 5.32 Å². The molecule has 0 bridgehead atoms. The van der Waals surface area contributed by atoms with E-state index >= 15 is 0 Å². The zero-order valence-electron chi connectivity index (χ0n) is 29.4. The number of aryl methyl sites for hydroxylation is 1. The van der Waals surface area contributed by atoms with E-state index in [1.165, 1.54) is 0 Å². The van der Waals surface area contributed by atoms with Crippen molar-refractivity contribution >= 4 is 47.5 Å². The molecule has 10 unspecified atom stereocenters. The molecule has 1 N–H and O–H groups in total. The second-order valence-corrected chi connectivity index (χ2v) is 11.7. The third kappa shape index (κ3) is 12.2. The van der Waals surface area contributed by atoms with E-state index in [-0.39, 0.29) is 0 Å². The minimum atomic E-state index is -1.78. The van der Waals surface area contributed by atoms with E-state index in [1.54, 1.807) is 24.3 Å². The van der Waals surface area contributed by atoms with E-state index in [9.17, 15) is 33.6 Å². The van der Waals surface area contributed by atoms with Crippen LogP contribution in [0.1, 0.15) is 54.0 Å². The van der Waals surface area contributed by atoms with Gasteiger partial charge in [-0.15, -0.1) is 0 Å². The molecule has 1 aromatic carbocycles. The van der Waals surface area contributed by atoms with Crippen molar-refractivity contribution in [2.24, 2.45) is 0 Å². The van der Waals surface area contributed by atoms with Gasteiger partial charge in [0.05, 0.1) is 0 Å². The van der Waals surface area contributed by atoms with Crippen LogP contribution >= 0.6 is 0 Å². The average Bonchev–Trinajstić information content (AvgIpc) is 3.00. The number of hydrogen-bond donors (Lipinski definition) is 1. The van der Waals surface area contributed by atoms with Gasteiger partial charge in [-0.1, -0.05) is 17.7 Å². The summed E-state index contributed by atoms with van der Waals surface area (Å²) in [5, 5.41) is 3.10. The molecule has 2 fully saturated rings. The summed E-state index contributed by atoms with van der Waals surface area (Å²) in [5.41, 5.74) is 1.44. The lowest BCUT2D eigenvalue weighted by atomic mass is 9.95. The van der Waals surface area contributed by atoms with Gasteiger partial charge in [0.25, 0.3) is 0 Å². The number of esters is 7. The number of benzene rings is 1. The molecular formula is C33H43NO17. The molecule has 51 heavy (non-hydrogen) atoms. The first-order valence-electron chi connectivity index (χ1n) is 15.9. The van der Waals surface area contributed by atoms with Crippen LogP contribution in [0.15, 0.2) is 24.3 Å². The standard InChI is InChI=1S/C33H43NO17/c1-15-9-11-23(12-10-15)34-32-30(47-21(7)40)28(26(44-18(4)37)24(49-32)13-42-16(2)35)51-33-31(48-22(8)41)29(46-20(6)39)27(45-19(5)38)25(50-33)14-43-17(3)36/h9-12,24-34H,13-14H2,1-8H3. The highest BCUT2D eigenvalue weighted by molar-refractivity contribution is 5.69. The molecule has 0 spiro atoms. The minimum Gasteiger partial charge on any atom is -0.463 e. The SMILES string of the molecule is CC(=O)OCC1OC(Nc2ccc(C)cc2)C(OC(C)=O)C(OC2OC(COC(C)=O)C(OC(C)=O)C(OC(C)=O)C2OC(C)=O)C1OC(C)=O. The van der Waals surface area contributed by atoms with Crippen molar-refractivity contribution in [3.63, 3.8) is 0 Å². The Morgan fingerprint density at radius 3 is 1.41 bits per heavy atom. The van der Waals surface area contributed by atoms with Crippen LogP contribution < -0.4 is 5.32 Å². The first kappa shape index (κ1) is 40.6. The molecule has 3 rings (SSSR count). The Morgan fingerprint density at radius 2 is 0.941 bits per heavy atom. The van der Waals surface area contributed by atoms with Crippen LogP contribution in [0.2, 0.25) is 0 Å². The van der Waals surface area contributed by atoms with Gasteiger partial charge in [-0.2, -0.15) is 0 Å². The van der Waals surface area contributed by atoms with Gasteiger partial charge in [-0.05, 0) is 19.1 Å². The molecule has 282 valence electrons. The Balaban J connectivity index is 2.20. The maximum atomic E-state index is 12.6. The summed E-state index contributed by atoms with van der Waals surface area (Å²) in [5.74, 6) is -5.71. The van der Waals surface area contributed by atoms with Gasteiger partial charge in [0.1, 0.15) is 31.5 Å². The molecule has 0 radical (unpaired) electrons. The molecule has 0 aliphatic carbocycles. The molecule has 10 atom stereocenters. The monoisotopic (exact) mass is 725 g/mol. The van der Waals surface area contributed by atoms with Crippen LogP contribution in [0.25, 0.3) is 0 Å². The van der Waals surface area contributed by atoms with Crippen molar-refractivity contribution in [3.8, 4) is 0 Å². The predicted molar refractivity (Wildman–Crippen MR) is 168 cm³/mol. The van der Waals surface area contributed by atoms with Crippen molar-refractivity contribution in [3.05, 3.63) is 29.8 Å². The van der Waals surface area contributed by atoms with Gasteiger partial charge in [-0.25, -0.2) is 0 Å². The highest BCUT2D eigenvalue weighted by Gasteiger charge is 2.57. The summed E-state index contributed by atoms with van der Waals surface area (Å²) in [6, 6.07) is 7.04. The van der Waals surface area contributed by atoms with Gasteiger partial charge >= 0.3 is 41.8 Å². The number of nitrogens with one attached hydrogen (secondary N) is 1. The number of rotatable bonds is 13. The lowest BCUT2D eigenvalue weighted by Gasteiger charge is -2.49. The van der Waals surface area contributed by atoms with Crippen LogP contribution in [0.5, 0.6) is 0 Å². The Hall–Kier alpha value is -4.81. The van der Waals surface area contributed by atoms with Crippen molar-refractivity contribution < 1.29 is 80.9 Å². The van der Waals surface area contributed by atoms with Gasteiger partial charge in [0.15, 0.2) is 43.0 Å². The molecule has 2 aliphatic rings. The minimum absolute atomic E-state index is 0.468. The molecular weight excluding hydrogens is 682 g/mol. The topological polar surface area (TPSA) is 224 Å². The van der Waals surface area contributed by atoms with E-state index in [0.717, 1.165) is 54.0 Å². The molecule has 18 nitrogen and oxygen atoms in total. The highest BCUT2D eigenvalue weighted by Crippen LogP contribution is 2.35. The van der Waals surface area contributed by atoms with Crippen LogP contribution in [-0.4, -0.2) is 116 Å². The Labute approximate surface area is 293 Å². The fraction of sp³-hybridized carbons (Fsp3) is 0.606. The third-order valence-corrected chi connectivity index (χ3v) is 7.29. The molecule has 1 aromatic rings. The number of ether oxygens (including phenoxy) is 10. The van der Waals surface area contributed by atoms with Gasteiger partial charge < -0.3 is 52.7 Å². The Bertz CT molecular complexity index is 1430. The van der Waals surface area contributed by atoms with Crippen LogP contribution in [0, 0.1) is 6.92 Å². The van der Waals surface area contributed by atoms with Crippen LogP contribution in [0.4, 0.5) is 5.69 Å². The summed E-state index contributed by atoms with van der Waals surface area (Å²) in [4.78, 5) is 85.7. The van der Waals surface area contributed by atoms with Crippen molar-refractivity contribution in [1.29, 1.82) is 0 Å². The second kappa shape index (κ2) is 18.4. The molecule has 18 heteroatoms. The predicted octanol–water partition coefficient (Wildman–Crippen LogP) is 1.03. The van der Waals surface area contributed by atoms with E-state index in [0.29, 0.717) is 5.69 Å². The second-order valence-electron chi connectivity index (χ2n) is 11.7. The number of hydrogen-bond acceptors (Lipinski definition) is 18. The Kier molecular flexibility index (Phi) is 14.7. The lowest BCUT2D eigenvalue weighted by Crippen LogP contribution is -2.68. The molecule has 0 saturated carbocycles. The van der Waals surface area contributed by atoms with E-state index < -0.39 is 116 Å². The largest absolute Gasteiger partial charge is 0.463 e. The smallest absolute Gasteiger partial charge is 0.303 e. The first-order chi connectivity index (χ1) is 23.9. The summed E-state index contributed by atoms with van der Waals surface area (Å²) in [7, 11) is 0. The van der Waals surface area contributed by atoms with Crippen molar-refractivity contribution in [2.45, 2.75) is 117 Å². The number of carbonyl (C=O) groups is 7. The van der Waals surface area contributed by atoms with Gasteiger partial charge in [0.2, 0.25) is 0 Å². The molecule has 2 aliphatic heterocycles. The summed E-state index contributed by atoms with van der Waals surface area (Å²) in [6.45, 7) is 8.48. The molecule has 0 aromatic heterocycles. The fourth-order valence-corrected chi connectivity index (χ4v) is 5.44. The molecule has 2 heterocycles. The average molecular weight is 726 g/mol. The zero-order valence-corrected chi connectivity index (χ0v) is 29.4. The van der Waals surface area contributed by atoms with Crippen LogP contribution in [0.3, 0.4) is 0 Å². The number of anilines is 1. The van der Waals surface area contributed by atoms with E-state index in [1.807, 2.05) is 6.92 Å². The summed E-state index contributed by atoms with van der Waals surface area (Å²) >= 11 is 0. The maximum absolute atomic E-state index is 12.6. The van der Waals surface area contributed by atoms with Crippen molar-refractivity contribution in [2.75, 3.05) is 18.5 Å². The first-order valence-corrected chi connectivity index (χ1v) is 15.9. The molecule has 0 amide bonds. The summed E-state index contributed by atoms with van der Waals surface area (Å²) in [6.07, 6.45) is -15.0.